The van der Waals surface area contributed by atoms with Gasteiger partial charge < -0.3 is 20.9 Å². The van der Waals surface area contributed by atoms with Gasteiger partial charge in [0.1, 0.15) is 11.5 Å². The van der Waals surface area contributed by atoms with Gasteiger partial charge in [0, 0.05) is 32.1 Å². The van der Waals surface area contributed by atoms with Crippen molar-refractivity contribution in [2.45, 2.75) is 31.7 Å². The van der Waals surface area contributed by atoms with Gasteiger partial charge in [0.25, 0.3) is 0 Å². The molecule has 0 aliphatic heterocycles. The van der Waals surface area contributed by atoms with Crippen LogP contribution in [0.25, 0.3) is 10.9 Å². The molecule has 3 N–H and O–H groups in total. The number of rotatable bonds is 6. The number of hydrogen-bond donors (Lipinski definition) is 3. The molecule has 2 aromatic carbocycles. The summed E-state index contributed by atoms with van der Waals surface area (Å²) >= 11 is 5.00. The van der Waals surface area contributed by atoms with E-state index in [1.54, 1.807) is 0 Å². The van der Waals surface area contributed by atoms with Gasteiger partial charge in [-0.15, -0.1) is 0 Å². The summed E-state index contributed by atoms with van der Waals surface area (Å²) in [5.41, 5.74) is -0.323. The number of thiocarbonyl (C=S) groups is 1. The highest BCUT2D eigenvalue weighted by molar-refractivity contribution is 7.80. The second kappa shape index (κ2) is 10.8. The van der Waals surface area contributed by atoms with Gasteiger partial charge in [-0.05, 0) is 56.0 Å². The molecule has 0 unspecified atom stereocenters. The van der Waals surface area contributed by atoms with Gasteiger partial charge >= 0.3 is 0 Å². The van der Waals surface area contributed by atoms with Crippen LogP contribution in [-0.2, 0) is 0 Å². The first-order chi connectivity index (χ1) is 17.2. The molecular weight excluding hydrogens is 499 g/mol. The van der Waals surface area contributed by atoms with Gasteiger partial charge in [-0.2, -0.15) is 4.98 Å². The van der Waals surface area contributed by atoms with Crippen LogP contribution in [0.1, 0.15) is 25.7 Å². The van der Waals surface area contributed by atoms with E-state index in [0.717, 1.165) is 42.4 Å². The Morgan fingerprint density at radius 1 is 0.917 bits per heavy atom. The van der Waals surface area contributed by atoms with Gasteiger partial charge in [-0.3, -0.25) is 0 Å². The zero-order valence-electron chi connectivity index (χ0n) is 19.6. The summed E-state index contributed by atoms with van der Waals surface area (Å²) in [6.45, 7) is 0.394. The number of nitrogens with zero attached hydrogens (tertiary/aromatic N) is 3. The van der Waals surface area contributed by atoms with Crippen LogP contribution in [0, 0.1) is 35.0 Å². The molecule has 0 saturated heterocycles. The van der Waals surface area contributed by atoms with E-state index in [4.69, 9.17) is 12.2 Å². The van der Waals surface area contributed by atoms with Crippen LogP contribution < -0.4 is 20.9 Å². The molecule has 192 valence electrons. The highest BCUT2D eigenvalue weighted by Crippen LogP contribution is 2.29. The van der Waals surface area contributed by atoms with Crippen molar-refractivity contribution in [2.24, 2.45) is 5.92 Å². The molecular formula is C24H25F5N6S. The summed E-state index contributed by atoms with van der Waals surface area (Å²) in [7, 11) is 3.86. The number of halogens is 5. The molecule has 1 saturated carbocycles. The molecule has 1 heterocycles. The first kappa shape index (κ1) is 25.8. The van der Waals surface area contributed by atoms with E-state index in [9.17, 15) is 22.0 Å². The van der Waals surface area contributed by atoms with Gasteiger partial charge in [-0.25, -0.2) is 26.9 Å². The summed E-state index contributed by atoms with van der Waals surface area (Å²) in [4.78, 5) is 11.3. The average Bonchev–Trinajstić information content (AvgIpc) is 2.88. The minimum Gasteiger partial charge on any atom is -0.362 e. The predicted molar refractivity (Wildman–Crippen MR) is 134 cm³/mol. The monoisotopic (exact) mass is 524 g/mol. The molecule has 12 heteroatoms. The summed E-state index contributed by atoms with van der Waals surface area (Å²) in [6.07, 6.45) is 3.36. The largest absolute Gasteiger partial charge is 0.362 e. The van der Waals surface area contributed by atoms with E-state index in [0.29, 0.717) is 12.5 Å². The predicted octanol–water partition coefficient (Wildman–Crippen LogP) is 5.35. The number of benzene rings is 2. The smallest absolute Gasteiger partial charge is 0.225 e. The maximum Gasteiger partial charge on any atom is 0.225 e. The molecule has 4 rings (SSSR count). The van der Waals surface area contributed by atoms with Gasteiger partial charge in [0.05, 0.1) is 5.52 Å². The van der Waals surface area contributed by atoms with Crippen molar-refractivity contribution in [1.82, 2.24) is 15.3 Å². The Kier molecular flexibility index (Phi) is 7.72. The third-order valence-electron chi connectivity index (χ3n) is 6.19. The molecule has 0 bridgehead atoms. The van der Waals surface area contributed by atoms with E-state index in [1.807, 2.05) is 43.3 Å². The van der Waals surface area contributed by atoms with Crippen molar-refractivity contribution in [3.8, 4) is 0 Å². The molecule has 1 aliphatic carbocycles. The van der Waals surface area contributed by atoms with Crippen molar-refractivity contribution >= 4 is 45.7 Å². The fourth-order valence-corrected chi connectivity index (χ4v) is 4.45. The molecule has 0 atom stereocenters. The lowest BCUT2D eigenvalue weighted by molar-refractivity contribution is 0.336. The molecule has 1 fully saturated rings. The molecule has 0 radical (unpaired) electrons. The third-order valence-corrected chi connectivity index (χ3v) is 6.43. The van der Waals surface area contributed by atoms with Gasteiger partial charge in [0.2, 0.25) is 11.8 Å². The van der Waals surface area contributed by atoms with Crippen LogP contribution in [-0.4, -0.2) is 41.8 Å². The molecule has 3 aromatic rings. The van der Waals surface area contributed by atoms with Crippen molar-refractivity contribution < 1.29 is 22.0 Å². The van der Waals surface area contributed by atoms with E-state index in [2.05, 4.69) is 25.9 Å². The highest BCUT2D eigenvalue weighted by Gasteiger charge is 2.27. The van der Waals surface area contributed by atoms with E-state index in [1.165, 1.54) is 0 Å². The first-order valence-electron chi connectivity index (χ1n) is 11.4. The Hall–Kier alpha value is -3.28. The Labute approximate surface area is 210 Å². The minimum atomic E-state index is -2.22. The number of aromatic nitrogens is 2. The average molecular weight is 525 g/mol. The molecule has 0 spiro atoms. The summed E-state index contributed by atoms with van der Waals surface area (Å²) in [6, 6.07) is 7.99. The summed E-state index contributed by atoms with van der Waals surface area (Å²) in [5.74, 6) is -8.59. The van der Waals surface area contributed by atoms with Crippen LogP contribution in [0.2, 0.25) is 0 Å². The lowest BCUT2D eigenvalue weighted by Gasteiger charge is -2.30. The van der Waals surface area contributed by atoms with Crippen LogP contribution in [0.15, 0.2) is 24.3 Å². The normalized spacial score (nSPS) is 17.6. The van der Waals surface area contributed by atoms with E-state index < -0.39 is 34.8 Å². The topological polar surface area (TPSA) is 65.1 Å². The molecule has 1 aliphatic rings. The Morgan fingerprint density at radius 2 is 1.53 bits per heavy atom. The quantitative estimate of drug-likeness (QED) is 0.174. The fourth-order valence-electron chi connectivity index (χ4n) is 4.27. The number of fused-ring (bicyclic) bond motifs is 1. The van der Waals surface area contributed by atoms with Gasteiger partial charge in [0.15, 0.2) is 28.4 Å². The molecule has 0 amide bonds. The number of nitrogens with one attached hydrogen (secondary N) is 3. The van der Waals surface area contributed by atoms with Crippen molar-refractivity contribution in [1.29, 1.82) is 0 Å². The summed E-state index contributed by atoms with van der Waals surface area (Å²) < 4.78 is 67.6. The molecule has 36 heavy (non-hydrogen) atoms. The highest BCUT2D eigenvalue weighted by atomic mass is 32.1. The summed E-state index contributed by atoms with van der Waals surface area (Å²) in [5, 5.41) is 9.07. The SMILES string of the molecule is CN(C)c1nc(N[C@H]2CC[C@@H](CNC(=S)Nc3c(F)c(F)c(F)c(F)c3F)CC2)nc2ccccc12. The number of hydrogen-bond acceptors (Lipinski definition) is 5. The maximum absolute atomic E-state index is 13.8. The van der Waals surface area contributed by atoms with Crippen molar-refractivity contribution in [3.63, 3.8) is 0 Å². The Balaban J connectivity index is 1.30. The zero-order valence-corrected chi connectivity index (χ0v) is 20.5. The Bertz CT molecular complexity index is 1250. The second-order valence-corrected chi connectivity index (χ2v) is 9.33. The number of para-hydroxylation sites is 1. The molecule has 1 aromatic heterocycles. The second-order valence-electron chi connectivity index (χ2n) is 8.92. The van der Waals surface area contributed by atoms with Crippen LogP contribution in [0.4, 0.5) is 39.4 Å². The zero-order chi connectivity index (χ0) is 26.0. The van der Waals surface area contributed by atoms with Crippen LogP contribution >= 0.6 is 12.2 Å². The van der Waals surface area contributed by atoms with Gasteiger partial charge in [-0.1, -0.05) is 12.1 Å². The lowest BCUT2D eigenvalue weighted by Crippen LogP contribution is -2.36. The fraction of sp³-hybridized carbons (Fsp3) is 0.375. The van der Waals surface area contributed by atoms with Crippen LogP contribution in [0.5, 0.6) is 0 Å². The van der Waals surface area contributed by atoms with Crippen LogP contribution in [0.3, 0.4) is 0 Å². The number of anilines is 3. The minimum absolute atomic E-state index is 0.177. The lowest BCUT2D eigenvalue weighted by atomic mass is 9.86. The standard InChI is InChI=1S/C24H25F5N6S/c1-35(2)22-14-5-3-4-6-15(14)32-23(34-22)31-13-9-7-12(8-10-13)11-30-24(36)33-21-19(28)17(26)16(25)18(27)20(21)29/h3-6,12-13H,7-11H2,1-2H3,(H2,30,33,36)(H,31,32,34)/t12-,13+. The van der Waals surface area contributed by atoms with Crippen molar-refractivity contribution in [3.05, 3.63) is 53.4 Å². The van der Waals surface area contributed by atoms with E-state index >= 15 is 0 Å². The molecule has 6 nitrogen and oxygen atoms in total. The maximum atomic E-state index is 13.8. The van der Waals surface area contributed by atoms with Crippen molar-refractivity contribution in [2.75, 3.05) is 36.2 Å². The third kappa shape index (κ3) is 5.43. The Morgan fingerprint density at radius 3 is 2.17 bits per heavy atom. The first-order valence-corrected chi connectivity index (χ1v) is 11.8. The van der Waals surface area contributed by atoms with E-state index in [-0.39, 0.29) is 17.1 Å².